The predicted octanol–water partition coefficient (Wildman–Crippen LogP) is 2.54. The number of rotatable bonds is 1. The van der Waals surface area contributed by atoms with Gasteiger partial charge in [-0.05, 0) is 23.9 Å². The van der Waals surface area contributed by atoms with Crippen LogP contribution in [0.25, 0.3) is 0 Å². The van der Waals surface area contributed by atoms with E-state index >= 15 is 0 Å². The summed E-state index contributed by atoms with van der Waals surface area (Å²) in [5.41, 5.74) is 1.11. The third kappa shape index (κ3) is 1.75. The van der Waals surface area contributed by atoms with Gasteiger partial charge in [0, 0.05) is 7.05 Å². The number of thiophene rings is 1. The van der Waals surface area contributed by atoms with Gasteiger partial charge in [-0.3, -0.25) is 9.69 Å². The van der Waals surface area contributed by atoms with E-state index in [1.807, 2.05) is 18.4 Å². The quantitative estimate of drug-likeness (QED) is 0.670. The van der Waals surface area contributed by atoms with Crippen molar-refractivity contribution < 1.29 is 4.79 Å². The average molecular weight is 187 g/mol. The number of hydrogen-bond acceptors (Lipinski definition) is 2. The lowest BCUT2D eigenvalue weighted by Crippen LogP contribution is -2.18. The molecule has 0 bridgehead atoms. The summed E-state index contributed by atoms with van der Waals surface area (Å²) in [4.78, 5) is 12.3. The number of carbonyl (C=O) groups excluding carboxylic acids is 1. The molecule has 0 aliphatic carbocycles. The summed E-state index contributed by atoms with van der Waals surface area (Å²) >= 11 is 5.26. The van der Waals surface area contributed by atoms with E-state index in [2.05, 4.69) is 12.6 Å². The number of nitrogens with zero attached hydrogens (tertiary/aromatic N) is 1. The SMILES string of the molecule is Cc1ccsc1N(C)C(=O)S. The molecule has 1 aromatic rings. The number of carbonyl (C=O) groups is 1. The van der Waals surface area contributed by atoms with Crippen LogP contribution in [0.1, 0.15) is 5.56 Å². The molecule has 1 heterocycles. The van der Waals surface area contributed by atoms with Gasteiger partial charge in [-0.25, -0.2) is 0 Å². The fourth-order valence-corrected chi connectivity index (χ4v) is 1.86. The molecule has 0 saturated carbocycles. The first-order valence-corrected chi connectivity index (χ1v) is 4.46. The second-order valence-corrected chi connectivity index (χ2v) is 3.53. The van der Waals surface area contributed by atoms with Gasteiger partial charge in [0.25, 0.3) is 5.24 Å². The number of thiol groups is 1. The van der Waals surface area contributed by atoms with Crippen molar-refractivity contribution in [3.05, 3.63) is 17.0 Å². The minimum Gasteiger partial charge on any atom is -0.298 e. The van der Waals surface area contributed by atoms with Gasteiger partial charge < -0.3 is 0 Å². The Labute approximate surface area is 75.2 Å². The Hall–Kier alpha value is -0.480. The Morgan fingerprint density at radius 2 is 2.36 bits per heavy atom. The van der Waals surface area contributed by atoms with Crippen molar-refractivity contribution in [2.24, 2.45) is 0 Å². The van der Waals surface area contributed by atoms with Crippen LogP contribution < -0.4 is 4.90 Å². The summed E-state index contributed by atoms with van der Waals surface area (Å²) in [5, 5.41) is 2.69. The molecule has 0 saturated heterocycles. The summed E-state index contributed by atoms with van der Waals surface area (Å²) in [7, 11) is 1.72. The highest BCUT2D eigenvalue weighted by molar-refractivity contribution is 7.97. The lowest BCUT2D eigenvalue weighted by Gasteiger charge is -2.11. The zero-order valence-electron chi connectivity index (χ0n) is 6.37. The molecule has 0 N–H and O–H groups in total. The van der Waals surface area contributed by atoms with Gasteiger partial charge >= 0.3 is 0 Å². The zero-order valence-corrected chi connectivity index (χ0v) is 8.08. The smallest absolute Gasteiger partial charge is 0.283 e. The molecule has 2 nitrogen and oxygen atoms in total. The molecular weight excluding hydrogens is 178 g/mol. The molecule has 0 aliphatic heterocycles. The molecule has 0 atom stereocenters. The Bertz CT molecular complexity index is 269. The molecule has 1 rings (SSSR count). The van der Waals surface area contributed by atoms with Gasteiger partial charge in [0.1, 0.15) is 5.00 Å². The molecular formula is C7H9NOS2. The van der Waals surface area contributed by atoms with Crippen LogP contribution in [-0.4, -0.2) is 12.3 Å². The molecule has 4 heteroatoms. The van der Waals surface area contributed by atoms with E-state index in [0.717, 1.165) is 10.6 Å². The zero-order chi connectivity index (χ0) is 8.43. The highest BCUT2D eigenvalue weighted by Gasteiger charge is 2.09. The number of anilines is 1. The normalized spacial score (nSPS) is 9.73. The van der Waals surface area contributed by atoms with Crippen LogP contribution in [0.15, 0.2) is 11.4 Å². The monoisotopic (exact) mass is 187 g/mol. The molecule has 0 unspecified atom stereocenters. The molecule has 0 aliphatic rings. The maximum Gasteiger partial charge on any atom is 0.283 e. The summed E-state index contributed by atoms with van der Waals surface area (Å²) in [6.45, 7) is 1.97. The van der Waals surface area contributed by atoms with Crippen LogP contribution in [-0.2, 0) is 0 Å². The highest BCUT2D eigenvalue weighted by Crippen LogP contribution is 2.26. The Kier molecular flexibility index (Phi) is 2.57. The van der Waals surface area contributed by atoms with E-state index < -0.39 is 0 Å². The van der Waals surface area contributed by atoms with E-state index in [0.29, 0.717) is 0 Å². The molecule has 0 aromatic carbocycles. The molecule has 60 valence electrons. The van der Waals surface area contributed by atoms with Crippen molar-refractivity contribution in [2.45, 2.75) is 6.92 Å². The lowest BCUT2D eigenvalue weighted by molar-refractivity contribution is 0.266. The third-order valence-electron chi connectivity index (χ3n) is 1.43. The molecule has 0 fully saturated rings. The largest absolute Gasteiger partial charge is 0.298 e. The van der Waals surface area contributed by atoms with Crippen LogP contribution >= 0.6 is 24.0 Å². The van der Waals surface area contributed by atoms with Crippen molar-refractivity contribution in [2.75, 3.05) is 11.9 Å². The number of amides is 1. The van der Waals surface area contributed by atoms with Crippen LogP contribution in [0.3, 0.4) is 0 Å². The first-order chi connectivity index (χ1) is 5.13. The molecule has 1 amide bonds. The standard InChI is InChI=1S/C7H9NOS2/c1-5-3-4-11-6(5)8(2)7(9)10/h3-4H,1-2H3,(H,9,10). The Morgan fingerprint density at radius 1 is 1.73 bits per heavy atom. The van der Waals surface area contributed by atoms with Crippen molar-refractivity contribution in [1.82, 2.24) is 0 Å². The van der Waals surface area contributed by atoms with Gasteiger partial charge in [0.2, 0.25) is 0 Å². The van der Waals surface area contributed by atoms with Gasteiger partial charge in [-0.1, -0.05) is 12.6 Å². The van der Waals surface area contributed by atoms with Crippen LogP contribution in [0.5, 0.6) is 0 Å². The fraction of sp³-hybridized carbons (Fsp3) is 0.286. The van der Waals surface area contributed by atoms with Gasteiger partial charge in [0.15, 0.2) is 0 Å². The van der Waals surface area contributed by atoms with Crippen LogP contribution in [0, 0.1) is 6.92 Å². The van der Waals surface area contributed by atoms with E-state index in [1.54, 1.807) is 18.4 Å². The van der Waals surface area contributed by atoms with Gasteiger partial charge in [-0.2, -0.15) is 0 Å². The van der Waals surface area contributed by atoms with Crippen molar-refractivity contribution in [3.8, 4) is 0 Å². The first-order valence-electron chi connectivity index (χ1n) is 3.13. The number of hydrogen-bond donors (Lipinski definition) is 1. The maximum atomic E-state index is 10.8. The molecule has 0 radical (unpaired) electrons. The maximum absolute atomic E-state index is 10.8. The Morgan fingerprint density at radius 3 is 2.73 bits per heavy atom. The second-order valence-electron chi connectivity index (χ2n) is 2.25. The highest BCUT2D eigenvalue weighted by atomic mass is 32.1. The minimum absolute atomic E-state index is 0.226. The van der Waals surface area contributed by atoms with Crippen molar-refractivity contribution >= 4 is 34.2 Å². The molecule has 0 spiro atoms. The Balaban J connectivity index is 2.92. The summed E-state index contributed by atoms with van der Waals surface area (Å²) in [5.74, 6) is 0. The van der Waals surface area contributed by atoms with E-state index in [1.165, 1.54) is 4.90 Å². The summed E-state index contributed by atoms with van der Waals surface area (Å²) in [6.07, 6.45) is 0. The topological polar surface area (TPSA) is 20.3 Å². The fourth-order valence-electron chi connectivity index (χ4n) is 0.795. The van der Waals surface area contributed by atoms with Crippen molar-refractivity contribution in [1.29, 1.82) is 0 Å². The molecule has 1 aromatic heterocycles. The van der Waals surface area contributed by atoms with E-state index in [9.17, 15) is 4.79 Å². The van der Waals surface area contributed by atoms with Crippen LogP contribution in [0.2, 0.25) is 0 Å². The first kappa shape index (κ1) is 8.62. The van der Waals surface area contributed by atoms with E-state index in [-0.39, 0.29) is 5.24 Å². The van der Waals surface area contributed by atoms with Crippen LogP contribution in [0.4, 0.5) is 9.80 Å². The lowest BCUT2D eigenvalue weighted by atomic mass is 10.3. The minimum atomic E-state index is -0.226. The third-order valence-corrected chi connectivity index (χ3v) is 2.82. The average Bonchev–Trinajstić information content (AvgIpc) is 2.33. The van der Waals surface area contributed by atoms with Crippen molar-refractivity contribution in [3.63, 3.8) is 0 Å². The van der Waals surface area contributed by atoms with E-state index in [4.69, 9.17) is 0 Å². The predicted molar refractivity (Wildman–Crippen MR) is 51.8 cm³/mol. The van der Waals surface area contributed by atoms with Gasteiger partial charge in [0.05, 0.1) is 0 Å². The van der Waals surface area contributed by atoms with Gasteiger partial charge in [-0.15, -0.1) is 11.3 Å². The molecule has 11 heavy (non-hydrogen) atoms. The summed E-state index contributed by atoms with van der Waals surface area (Å²) < 4.78 is 0. The number of aryl methyl sites for hydroxylation is 1. The second kappa shape index (κ2) is 3.28. The summed E-state index contributed by atoms with van der Waals surface area (Å²) in [6, 6.07) is 1.98.